The number of rotatable bonds is 11. The highest BCUT2D eigenvalue weighted by Crippen LogP contribution is 2.37. The fourth-order valence-corrected chi connectivity index (χ4v) is 5.33. The van der Waals surface area contributed by atoms with Crippen LogP contribution in [0.15, 0.2) is 72.8 Å². The molecule has 1 aliphatic carbocycles. The molecule has 0 spiro atoms. The molecular weight excluding hydrogens is 518 g/mol. The molecule has 41 heavy (non-hydrogen) atoms. The number of carbonyl (C=O) groups excluding carboxylic acids is 1. The number of nitrogen functional groups attached to an aromatic ring is 1. The van der Waals surface area contributed by atoms with Crippen molar-refractivity contribution in [3.63, 3.8) is 0 Å². The number of nitrogens with two attached hydrogens (primary N) is 3. The summed E-state index contributed by atoms with van der Waals surface area (Å²) < 4.78 is 6.00. The van der Waals surface area contributed by atoms with Crippen molar-refractivity contribution in [2.45, 2.75) is 70.4 Å². The minimum atomic E-state index is -1.16. The van der Waals surface area contributed by atoms with E-state index in [1.54, 1.807) is 17.0 Å². The van der Waals surface area contributed by atoms with Crippen LogP contribution in [0.4, 0.5) is 0 Å². The van der Waals surface area contributed by atoms with Gasteiger partial charge in [-0.05, 0) is 66.3 Å². The van der Waals surface area contributed by atoms with Crippen LogP contribution in [0.5, 0.6) is 11.5 Å². The van der Waals surface area contributed by atoms with Crippen LogP contribution in [0.25, 0.3) is 11.1 Å². The van der Waals surface area contributed by atoms with Crippen molar-refractivity contribution in [1.29, 1.82) is 5.41 Å². The van der Waals surface area contributed by atoms with Crippen molar-refractivity contribution < 1.29 is 19.4 Å². The number of ether oxygens (including phenoxy) is 1. The molecule has 0 heterocycles. The second-order valence-corrected chi connectivity index (χ2v) is 10.2. The predicted molar refractivity (Wildman–Crippen MR) is 161 cm³/mol. The van der Waals surface area contributed by atoms with Crippen LogP contribution in [0.1, 0.15) is 69.4 Å². The van der Waals surface area contributed by atoms with E-state index in [4.69, 9.17) is 15.9 Å². The quantitative estimate of drug-likeness (QED) is 0.0887. The molecule has 0 aromatic heterocycles. The van der Waals surface area contributed by atoms with Crippen LogP contribution < -0.4 is 22.2 Å². The van der Waals surface area contributed by atoms with E-state index < -0.39 is 11.5 Å². The summed E-state index contributed by atoms with van der Waals surface area (Å²) in [5.74, 6) is 8.27. The van der Waals surface area contributed by atoms with Gasteiger partial charge in [-0.1, -0.05) is 75.1 Å². The third-order valence-electron chi connectivity index (χ3n) is 7.51. The Kier molecular flexibility index (Phi) is 11.4. The summed E-state index contributed by atoms with van der Waals surface area (Å²) in [6, 6.07) is 22.6. The molecule has 8 N–H and O–H groups in total. The second kappa shape index (κ2) is 15.0. The van der Waals surface area contributed by atoms with E-state index in [1.165, 1.54) is 0 Å². The highest BCUT2D eigenvalue weighted by Gasteiger charge is 2.46. The summed E-state index contributed by atoms with van der Waals surface area (Å²) in [5, 5.41) is 18.3. The number of hydrogen-bond donors (Lipinski definition) is 5. The zero-order valence-electron chi connectivity index (χ0n) is 23.6. The Bertz CT molecular complexity index is 1310. The number of amidine groups is 1. The molecule has 1 saturated carbocycles. The van der Waals surface area contributed by atoms with Crippen LogP contribution in [0.2, 0.25) is 0 Å². The molecule has 0 unspecified atom stereocenters. The van der Waals surface area contributed by atoms with Gasteiger partial charge in [0.05, 0.1) is 0 Å². The van der Waals surface area contributed by atoms with E-state index in [2.05, 4.69) is 11.7 Å². The number of nitrogens with one attached hydrogen (secondary N) is 1. The molecule has 4 rings (SSSR count). The van der Waals surface area contributed by atoms with Crippen molar-refractivity contribution in [1.82, 2.24) is 4.90 Å². The van der Waals surface area contributed by atoms with Crippen molar-refractivity contribution in [2.24, 2.45) is 17.4 Å². The lowest BCUT2D eigenvalue weighted by Gasteiger charge is -2.43. The zero-order valence-corrected chi connectivity index (χ0v) is 23.6. The molecule has 0 aliphatic heterocycles. The Morgan fingerprint density at radius 1 is 0.951 bits per heavy atom. The molecule has 218 valence electrons. The van der Waals surface area contributed by atoms with Gasteiger partial charge in [-0.3, -0.25) is 21.9 Å². The zero-order chi connectivity index (χ0) is 29.8. The summed E-state index contributed by atoms with van der Waals surface area (Å²) in [6.45, 7) is 2.27. The molecule has 0 bridgehead atoms. The summed E-state index contributed by atoms with van der Waals surface area (Å²) in [7, 11) is 0. The van der Waals surface area contributed by atoms with Crippen LogP contribution >= 0.6 is 0 Å². The van der Waals surface area contributed by atoms with Gasteiger partial charge >= 0.3 is 5.97 Å². The molecule has 1 amide bonds. The van der Waals surface area contributed by atoms with Gasteiger partial charge in [0.2, 0.25) is 5.91 Å². The number of hydrazine groups is 1. The number of benzene rings is 3. The van der Waals surface area contributed by atoms with Crippen molar-refractivity contribution in [3.8, 4) is 22.6 Å². The maximum Gasteiger partial charge on any atom is 0.329 e. The van der Waals surface area contributed by atoms with Gasteiger partial charge < -0.3 is 20.5 Å². The third kappa shape index (κ3) is 7.71. The Morgan fingerprint density at radius 2 is 1.61 bits per heavy atom. The smallest absolute Gasteiger partial charge is 0.329 e. The van der Waals surface area contributed by atoms with Crippen molar-refractivity contribution >= 4 is 17.7 Å². The van der Waals surface area contributed by atoms with E-state index in [-0.39, 0.29) is 18.3 Å². The van der Waals surface area contributed by atoms with Crippen molar-refractivity contribution in [2.75, 3.05) is 0 Å². The van der Waals surface area contributed by atoms with Crippen LogP contribution in [0, 0.1) is 5.41 Å². The normalized spacial score (nSPS) is 13.8. The molecular formula is C32H41N5O4. The first kappa shape index (κ1) is 31.3. The van der Waals surface area contributed by atoms with Gasteiger partial charge in [-0.15, -0.1) is 0 Å². The van der Waals surface area contributed by atoms with E-state index in [0.717, 1.165) is 48.8 Å². The monoisotopic (exact) mass is 559 g/mol. The van der Waals surface area contributed by atoms with Crippen LogP contribution in [-0.4, -0.2) is 33.3 Å². The number of hydrogen-bond acceptors (Lipinski definition) is 6. The van der Waals surface area contributed by atoms with Gasteiger partial charge in [0, 0.05) is 18.5 Å². The Morgan fingerprint density at radius 3 is 2.20 bits per heavy atom. The first-order valence-corrected chi connectivity index (χ1v) is 14.0. The summed E-state index contributed by atoms with van der Waals surface area (Å²) in [5.41, 5.74) is 7.78. The molecule has 3 aromatic carbocycles. The van der Waals surface area contributed by atoms with E-state index in [1.807, 2.05) is 67.6 Å². The standard InChI is InChI=1S/C32H37N3O4.H4N2/c1-2-3-12-29(36)35(32(31(37)38)19-8-5-9-20-32)22-23-13-15-24(16-14-23)28-21-26(17-18-27(28)30(33)34)39-25-10-6-4-7-11-25;1-2/h4,6-7,10-11,13-18,21H,2-3,5,8-9,12,19-20,22H2,1H3,(H3,33,34)(H,37,38);1-2H2. The summed E-state index contributed by atoms with van der Waals surface area (Å²) in [6.07, 6.45) is 5.52. The molecule has 0 saturated heterocycles. The first-order chi connectivity index (χ1) is 19.8. The number of nitrogens with zero attached hydrogens (tertiary/aromatic N) is 1. The number of amides is 1. The number of carboxylic acids is 1. The fourth-order valence-electron chi connectivity index (χ4n) is 5.33. The first-order valence-electron chi connectivity index (χ1n) is 14.0. The van der Waals surface area contributed by atoms with Gasteiger partial charge in [0.25, 0.3) is 0 Å². The minimum absolute atomic E-state index is 0.0475. The highest BCUT2D eigenvalue weighted by molar-refractivity contribution is 6.01. The third-order valence-corrected chi connectivity index (χ3v) is 7.51. The highest BCUT2D eigenvalue weighted by atomic mass is 16.5. The lowest BCUT2D eigenvalue weighted by Crippen LogP contribution is -2.57. The predicted octanol–water partition coefficient (Wildman–Crippen LogP) is 5.56. The summed E-state index contributed by atoms with van der Waals surface area (Å²) >= 11 is 0. The number of aliphatic carboxylic acids is 1. The molecule has 1 aliphatic rings. The van der Waals surface area contributed by atoms with E-state index >= 15 is 0 Å². The fraction of sp³-hybridized carbons (Fsp3) is 0.344. The maximum atomic E-state index is 13.3. The molecule has 9 heteroatoms. The molecule has 0 radical (unpaired) electrons. The second-order valence-electron chi connectivity index (χ2n) is 10.2. The lowest BCUT2D eigenvalue weighted by molar-refractivity contribution is -0.163. The van der Waals surface area contributed by atoms with Crippen LogP contribution in [0.3, 0.4) is 0 Å². The maximum absolute atomic E-state index is 13.3. The lowest BCUT2D eigenvalue weighted by atomic mass is 9.79. The van der Waals surface area contributed by atoms with Gasteiger partial charge in [-0.2, -0.15) is 0 Å². The number of unbranched alkanes of at least 4 members (excludes halogenated alkanes) is 1. The van der Waals surface area contributed by atoms with Crippen molar-refractivity contribution in [3.05, 3.63) is 83.9 Å². The molecule has 9 nitrogen and oxygen atoms in total. The average molecular weight is 560 g/mol. The topological polar surface area (TPSA) is 169 Å². The number of carbonyl (C=O) groups is 2. The van der Waals surface area contributed by atoms with Gasteiger partial charge in [-0.25, -0.2) is 4.79 Å². The van der Waals surface area contributed by atoms with Gasteiger partial charge in [0.15, 0.2) is 0 Å². The summed E-state index contributed by atoms with van der Waals surface area (Å²) in [4.78, 5) is 27.5. The number of carboxylic acid groups (broad SMARTS) is 1. The Labute approximate surface area is 241 Å². The number of para-hydroxylation sites is 1. The van der Waals surface area contributed by atoms with Gasteiger partial charge in [0.1, 0.15) is 22.9 Å². The SMILES string of the molecule is CCCCC(=O)N(Cc1ccc(-c2cc(Oc3ccccc3)ccc2C(=N)N)cc1)C1(C(=O)O)CCCCC1.NN. The largest absolute Gasteiger partial charge is 0.479 e. The Hall–Kier alpha value is -4.21. The average Bonchev–Trinajstić information content (AvgIpc) is 3.00. The Balaban J connectivity index is 0.00000226. The molecule has 1 fully saturated rings. The molecule has 0 atom stereocenters. The van der Waals surface area contributed by atoms with E-state index in [9.17, 15) is 14.7 Å². The van der Waals surface area contributed by atoms with Crippen LogP contribution in [-0.2, 0) is 16.1 Å². The molecule has 3 aromatic rings. The minimum Gasteiger partial charge on any atom is -0.479 e. The van der Waals surface area contributed by atoms with E-state index in [0.29, 0.717) is 36.3 Å².